The van der Waals surface area contributed by atoms with Gasteiger partial charge in [0.25, 0.3) is 0 Å². The summed E-state index contributed by atoms with van der Waals surface area (Å²) < 4.78 is 5.39. The van der Waals surface area contributed by atoms with Crippen molar-refractivity contribution in [3.05, 3.63) is 18.3 Å². The molecule has 1 heterocycles. The van der Waals surface area contributed by atoms with Crippen molar-refractivity contribution >= 4 is 17.7 Å². The van der Waals surface area contributed by atoms with Gasteiger partial charge in [-0.15, -0.1) is 0 Å². The van der Waals surface area contributed by atoms with Gasteiger partial charge in [-0.25, -0.2) is 4.98 Å². The van der Waals surface area contributed by atoms with Gasteiger partial charge < -0.3 is 9.84 Å². The summed E-state index contributed by atoms with van der Waals surface area (Å²) in [5.41, 5.74) is 0. The lowest BCUT2D eigenvalue weighted by atomic mass is 10.3. The number of thioether (sulfide) groups is 1. The highest BCUT2D eigenvalue weighted by Gasteiger charge is 2.19. The van der Waals surface area contributed by atoms with E-state index >= 15 is 0 Å². The Labute approximate surface area is 99.0 Å². The number of carboxylic acid groups (broad SMARTS) is 1. The molecule has 0 fully saturated rings. The van der Waals surface area contributed by atoms with Crippen molar-refractivity contribution in [2.75, 3.05) is 6.61 Å². The number of rotatable bonds is 6. The summed E-state index contributed by atoms with van der Waals surface area (Å²) in [7, 11) is 0. The third-order valence-corrected chi connectivity index (χ3v) is 3.29. The monoisotopic (exact) mass is 241 g/mol. The minimum atomic E-state index is -0.819. The molecule has 0 aliphatic carbocycles. The second-order valence-electron chi connectivity index (χ2n) is 3.09. The van der Waals surface area contributed by atoms with Gasteiger partial charge in [-0.2, -0.15) is 0 Å². The summed E-state index contributed by atoms with van der Waals surface area (Å²) in [6.45, 7) is 4.27. The Morgan fingerprint density at radius 2 is 2.38 bits per heavy atom. The van der Waals surface area contributed by atoms with E-state index in [1.807, 2.05) is 13.8 Å². The van der Waals surface area contributed by atoms with Crippen LogP contribution in [-0.2, 0) is 4.79 Å². The number of pyridine rings is 1. The molecular weight excluding hydrogens is 226 g/mol. The third-order valence-electron chi connectivity index (χ3n) is 1.94. The van der Waals surface area contributed by atoms with Crippen LogP contribution in [0.4, 0.5) is 0 Å². The van der Waals surface area contributed by atoms with Crippen LogP contribution in [0.3, 0.4) is 0 Å². The number of hydrogen-bond donors (Lipinski definition) is 1. The maximum Gasteiger partial charge on any atom is 0.317 e. The maximum atomic E-state index is 10.9. The lowest BCUT2D eigenvalue weighted by Crippen LogP contribution is -2.15. The first-order chi connectivity index (χ1) is 7.69. The fourth-order valence-corrected chi connectivity index (χ4v) is 2.07. The molecule has 16 heavy (non-hydrogen) atoms. The Bertz CT molecular complexity index is 357. The highest BCUT2D eigenvalue weighted by Crippen LogP contribution is 2.31. The van der Waals surface area contributed by atoms with E-state index in [1.165, 1.54) is 11.8 Å². The van der Waals surface area contributed by atoms with Crippen molar-refractivity contribution in [1.29, 1.82) is 0 Å². The SMILES string of the molecule is CCOc1cccnc1SC(CC)C(=O)O. The van der Waals surface area contributed by atoms with Gasteiger partial charge in [0.2, 0.25) is 0 Å². The number of hydrogen-bond acceptors (Lipinski definition) is 4. The molecule has 1 aromatic heterocycles. The zero-order valence-corrected chi connectivity index (χ0v) is 10.2. The van der Waals surface area contributed by atoms with Crippen LogP contribution in [0.2, 0.25) is 0 Å². The highest BCUT2D eigenvalue weighted by molar-refractivity contribution is 8.00. The molecule has 5 heteroatoms. The summed E-state index contributed by atoms with van der Waals surface area (Å²) >= 11 is 1.23. The molecule has 1 unspecified atom stereocenters. The fourth-order valence-electron chi connectivity index (χ4n) is 1.17. The molecule has 0 bridgehead atoms. The van der Waals surface area contributed by atoms with E-state index in [4.69, 9.17) is 9.84 Å². The van der Waals surface area contributed by atoms with E-state index in [9.17, 15) is 4.79 Å². The van der Waals surface area contributed by atoms with Gasteiger partial charge >= 0.3 is 5.97 Å². The fraction of sp³-hybridized carbons (Fsp3) is 0.455. The van der Waals surface area contributed by atoms with Gasteiger partial charge in [-0.3, -0.25) is 4.79 Å². The number of aromatic nitrogens is 1. The van der Waals surface area contributed by atoms with Crippen LogP contribution in [0, 0.1) is 0 Å². The van der Waals surface area contributed by atoms with Gasteiger partial charge in [0, 0.05) is 6.20 Å². The quantitative estimate of drug-likeness (QED) is 0.775. The average Bonchev–Trinajstić information content (AvgIpc) is 2.27. The van der Waals surface area contributed by atoms with Gasteiger partial charge in [0.15, 0.2) is 5.75 Å². The topological polar surface area (TPSA) is 59.4 Å². The van der Waals surface area contributed by atoms with Crippen molar-refractivity contribution in [3.8, 4) is 5.75 Å². The van der Waals surface area contributed by atoms with Crippen molar-refractivity contribution < 1.29 is 14.6 Å². The van der Waals surface area contributed by atoms with E-state index in [0.29, 0.717) is 23.8 Å². The van der Waals surface area contributed by atoms with Crippen molar-refractivity contribution in [1.82, 2.24) is 4.98 Å². The summed E-state index contributed by atoms with van der Waals surface area (Å²) in [6.07, 6.45) is 2.20. The van der Waals surface area contributed by atoms with Crippen LogP contribution in [0.1, 0.15) is 20.3 Å². The van der Waals surface area contributed by atoms with Crippen LogP contribution < -0.4 is 4.74 Å². The normalized spacial score (nSPS) is 12.1. The molecule has 0 saturated carbocycles. The van der Waals surface area contributed by atoms with Gasteiger partial charge in [0.1, 0.15) is 10.3 Å². The lowest BCUT2D eigenvalue weighted by Gasteiger charge is -2.12. The molecule has 0 aliphatic rings. The maximum absolute atomic E-state index is 10.9. The average molecular weight is 241 g/mol. The number of aliphatic carboxylic acids is 1. The minimum absolute atomic E-state index is 0.478. The predicted molar refractivity (Wildman–Crippen MR) is 63.0 cm³/mol. The highest BCUT2D eigenvalue weighted by atomic mass is 32.2. The Kier molecular flexibility index (Phi) is 5.11. The smallest absolute Gasteiger partial charge is 0.317 e. The summed E-state index contributed by atoms with van der Waals surface area (Å²) in [5, 5.41) is 9.13. The summed E-state index contributed by atoms with van der Waals surface area (Å²) in [5.74, 6) is -0.171. The Hall–Kier alpha value is -1.23. The zero-order valence-electron chi connectivity index (χ0n) is 9.34. The molecule has 0 amide bonds. The van der Waals surface area contributed by atoms with Crippen molar-refractivity contribution in [3.63, 3.8) is 0 Å². The van der Waals surface area contributed by atoms with Crippen LogP contribution >= 0.6 is 11.8 Å². The molecule has 0 saturated heterocycles. The van der Waals surface area contributed by atoms with Crippen molar-refractivity contribution in [2.45, 2.75) is 30.5 Å². The molecule has 1 atom stereocenters. The third kappa shape index (κ3) is 3.41. The molecule has 1 aromatic rings. The number of carboxylic acids is 1. The lowest BCUT2D eigenvalue weighted by molar-refractivity contribution is -0.136. The van der Waals surface area contributed by atoms with Crippen LogP contribution in [0.25, 0.3) is 0 Å². The number of ether oxygens (including phenoxy) is 1. The van der Waals surface area contributed by atoms with E-state index in [0.717, 1.165) is 0 Å². The molecule has 0 spiro atoms. The first-order valence-electron chi connectivity index (χ1n) is 5.16. The zero-order chi connectivity index (χ0) is 12.0. The van der Waals surface area contributed by atoms with E-state index in [1.54, 1.807) is 18.3 Å². The molecule has 0 radical (unpaired) electrons. The standard InChI is InChI=1S/C11H15NO3S/c1-3-9(11(13)14)16-10-8(15-4-2)6-5-7-12-10/h5-7,9H,3-4H2,1-2H3,(H,13,14). The largest absolute Gasteiger partial charge is 0.491 e. The Morgan fingerprint density at radius 1 is 1.62 bits per heavy atom. The van der Waals surface area contributed by atoms with Crippen molar-refractivity contribution in [2.24, 2.45) is 0 Å². The Balaban J connectivity index is 2.82. The van der Waals surface area contributed by atoms with E-state index < -0.39 is 11.2 Å². The van der Waals surface area contributed by atoms with E-state index in [2.05, 4.69) is 4.98 Å². The van der Waals surface area contributed by atoms with Crippen LogP contribution in [-0.4, -0.2) is 27.9 Å². The molecular formula is C11H15NO3S. The van der Waals surface area contributed by atoms with Gasteiger partial charge in [0.05, 0.1) is 6.61 Å². The van der Waals surface area contributed by atoms with Crippen LogP contribution in [0.15, 0.2) is 23.4 Å². The number of nitrogens with zero attached hydrogens (tertiary/aromatic N) is 1. The first-order valence-corrected chi connectivity index (χ1v) is 6.04. The summed E-state index contributed by atoms with van der Waals surface area (Å²) in [6, 6.07) is 3.57. The van der Waals surface area contributed by atoms with Crippen LogP contribution in [0.5, 0.6) is 5.75 Å². The first kappa shape index (κ1) is 12.8. The molecule has 88 valence electrons. The van der Waals surface area contributed by atoms with E-state index in [-0.39, 0.29) is 0 Å². The molecule has 4 nitrogen and oxygen atoms in total. The van der Waals surface area contributed by atoms with Gasteiger partial charge in [-0.05, 0) is 25.5 Å². The number of carbonyl (C=O) groups is 1. The minimum Gasteiger partial charge on any atom is -0.491 e. The van der Waals surface area contributed by atoms with Gasteiger partial charge in [-0.1, -0.05) is 18.7 Å². The summed E-state index contributed by atoms with van der Waals surface area (Å²) in [4.78, 5) is 15.1. The molecule has 1 rings (SSSR count). The molecule has 0 aromatic carbocycles. The second kappa shape index (κ2) is 6.37. The molecule has 1 N–H and O–H groups in total. The second-order valence-corrected chi connectivity index (χ2v) is 4.28. The Morgan fingerprint density at radius 3 is 2.94 bits per heavy atom. The molecule has 0 aliphatic heterocycles. The predicted octanol–water partition coefficient (Wildman–Crippen LogP) is 2.44.